The molecule has 0 aromatic heterocycles. The van der Waals surface area contributed by atoms with Gasteiger partial charge >= 0.3 is 21.2 Å². The largest absolute Gasteiger partial charge is 1.00 e. The highest BCUT2D eigenvalue weighted by Crippen LogP contribution is 2.21. The van der Waals surface area contributed by atoms with Crippen LogP contribution in [-0.2, 0) is 0 Å². The number of halogens is 3. The van der Waals surface area contributed by atoms with Gasteiger partial charge in [-0.3, -0.25) is 0 Å². The topological polar surface area (TPSA) is 0 Å². The van der Waals surface area contributed by atoms with E-state index in [1.54, 1.807) is 7.14 Å². The van der Waals surface area contributed by atoms with Crippen LogP contribution in [0.2, 0.25) is 0 Å². The molecule has 0 bridgehead atoms. The van der Waals surface area contributed by atoms with Crippen molar-refractivity contribution in [3.8, 4) is 11.1 Å². The van der Waals surface area contributed by atoms with E-state index in [1.165, 1.54) is 11.1 Å². The molecule has 1 heterocycles. The molecule has 16 heavy (non-hydrogen) atoms. The summed E-state index contributed by atoms with van der Waals surface area (Å²) in [5.41, 5.74) is 2.93. The van der Waals surface area contributed by atoms with E-state index >= 15 is 0 Å². The molecule has 0 spiro atoms. The van der Waals surface area contributed by atoms with Gasteiger partial charge in [-0.2, -0.15) is 0 Å². The van der Waals surface area contributed by atoms with E-state index in [-0.39, 0.29) is 33.6 Å². The van der Waals surface area contributed by atoms with Gasteiger partial charge in [0, 0.05) is 11.1 Å². The fraction of sp³-hybridized carbons (Fsp3) is 0. The van der Waals surface area contributed by atoms with E-state index in [4.69, 9.17) is 1.28 Å². The summed E-state index contributed by atoms with van der Waals surface area (Å²) in [6.45, 7) is 0.303. The summed E-state index contributed by atoms with van der Waals surface area (Å²) < 4.78 is 9.37. The van der Waals surface area contributed by atoms with Gasteiger partial charge in [-0.25, -0.2) is 0 Å². The maximum absolute atomic E-state index is 6.22. The van der Waals surface area contributed by atoms with Gasteiger partial charge < -0.3 is 12.4 Å². The van der Waals surface area contributed by atoms with Crippen molar-refractivity contribution >= 4 is 28.9 Å². The molecule has 1 atom stereocenters. The molecule has 0 fully saturated rings. The molecule has 2 aromatic rings. The van der Waals surface area contributed by atoms with Gasteiger partial charge in [0.05, 0.1) is 1.28 Å². The third-order valence-corrected chi connectivity index (χ3v) is 5.29. The number of hydrogen-bond donors (Lipinski definition) is 0. The smallest absolute Gasteiger partial charge is 0.359 e. The normalized spacial score (nSPS) is 11.9. The molecule has 2 aromatic carbocycles. The molecular weight excluding hydrogens is 464 g/mol. The minimum Gasteiger partial charge on any atom is -1.00 e. The monoisotopic (exact) mass is 475 g/mol. The maximum Gasteiger partial charge on any atom is 0.359 e. The molecule has 1 aliphatic rings. The van der Waals surface area contributed by atoms with Gasteiger partial charge in [0.1, 0.15) is 0 Å². The Morgan fingerprint density at radius 3 is 1.75 bits per heavy atom. The highest BCUT2D eigenvalue weighted by molar-refractivity contribution is 14.2. The van der Waals surface area contributed by atoms with Crippen LogP contribution in [0.15, 0.2) is 48.5 Å². The molecule has 0 nitrogen and oxygen atoms in total. The third-order valence-electron chi connectivity index (χ3n) is 2.24. The number of benzene rings is 2. The van der Waals surface area contributed by atoms with Crippen molar-refractivity contribution < 1.29 is 33.6 Å². The minimum absolute atomic E-state index is 0. The summed E-state index contributed by atoms with van der Waals surface area (Å²) in [5.74, 6) is 0. The Bertz CT molecular complexity index is 450. The maximum atomic E-state index is 6.22. The highest BCUT2D eigenvalue weighted by atomic mass is 127. The summed E-state index contributed by atoms with van der Waals surface area (Å²) in [7, 11) is 0. The van der Waals surface area contributed by atoms with Crippen LogP contribution in [0.3, 0.4) is 0 Å². The fourth-order valence-electron chi connectivity index (χ4n) is 1.63. The Hall–Kier alpha value is 0.620. The zero-order chi connectivity index (χ0) is 11.4. The molecule has 0 saturated carbocycles. The van der Waals surface area contributed by atoms with Gasteiger partial charge in [-0.1, -0.05) is 53.1 Å². The van der Waals surface area contributed by atoms with Crippen LogP contribution < -0.4 is 33.6 Å². The summed E-state index contributed by atoms with van der Waals surface area (Å²) in [6.07, 6.45) is 0. The fourth-order valence-corrected chi connectivity index (χ4v) is 4.56. The minimum atomic E-state index is 0. The average molecular weight is 475 g/mol. The van der Waals surface area contributed by atoms with Crippen LogP contribution in [0.1, 0.15) is 0 Å². The first kappa shape index (κ1) is 13.1. The van der Waals surface area contributed by atoms with E-state index in [0.717, 1.165) is 0 Å². The molecule has 3 rings (SSSR count). The van der Waals surface area contributed by atoms with Crippen LogP contribution >= 0.6 is 28.9 Å². The first-order valence-electron chi connectivity index (χ1n) is 4.97. The van der Waals surface area contributed by atoms with Crippen LogP contribution in [0.5, 0.6) is 0 Å². The first-order chi connectivity index (χ1) is 7.86. The second-order valence-corrected chi connectivity index (χ2v) is 5.92. The lowest BCUT2D eigenvalue weighted by Gasteiger charge is -1.91. The van der Waals surface area contributed by atoms with Crippen LogP contribution in [0.4, 0.5) is 0 Å². The van der Waals surface area contributed by atoms with Gasteiger partial charge in [0.25, 0.3) is 0 Å². The van der Waals surface area contributed by atoms with Gasteiger partial charge in [-0.15, -0.1) is 0 Å². The van der Waals surface area contributed by atoms with E-state index in [9.17, 15) is 0 Å². The van der Waals surface area contributed by atoms with E-state index in [1.807, 2.05) is 22.0 Å². The van der Waals surface area contributed by atoms with Gasteiger partial charge in [0.2, 0.25) is 7.14 Å². The van der Waals surface area contributed by atoms with Crippen LogP contribution in [-0.4, -0.2) is 1.28 Å². The van der Waals surface area contributed by atoms with Crippen LogP contribution in [0, 0.1) is 7.14 Å². The van der Waals surface area contributed by atoms with Crippen LogP contribution in [0.25, 0.3) is 11.1 Å². The molecule has 0 saturated heterocycles. The first-order valence-corrected chi connectivity index (χ1v) is 10.2. The highest BCUT2D eigenvalue weighted by Gasteiger charge is 2.31. The van der Waals surface area contributed by atoms with Crippen molar-refractivity contribution in [2.24, 2.45) is 0 Å². The van der Waals surface area contributed by atoms with Crippen molar-refractivity contribution in [3.05, 3.63) is 55.7 Å². The number of rotatable bonds is 0. The van der Waals surface area contributed by atoms with Crippen molar-refractivity contribution in [2.75, 3.05) is 0 Å². The van der Waals surface area contributed by atoms with E-state index < -0.39 is 0 Å². The van der Waals surface area contributed by atoms with Crippen molar-refractivity contribution in [1.82, 2.24) is 0 Å². The molecule has 0 amide bonds. The zero-order valence-electron chi connectivity index (χ0n) is 9.25. The predicted octanol–water partition coefficient (Wildman–Crippen LogP) is -1.99. The average Bonchev–Trinajstić information content (AvgIpc) is 2.68. The molecule has 0 aliphatic carbocycles. The summed E-state index contributed by atoms with van der Waals surface area (Å²) in [4.78, 5) is 0. The second-order valence-electron chi connectivity index (χ2n) is 3.05. The Labute approximate surface area is 129 Å². The summed E-state index contributed by atoms with van der Waals surface area (Å²) in [6, 6.07) is 17.6. The Balaban J connectivity index is 0.000000331. The quantitative estimate of drug-likeness (QED) is 0.261. The summed E-state index contributed by atoms with van der Waals surface area (Å²) in [5, 5.41) is 0. The third kappa shape index (κ3) is 2.89. The molecule has 4 heteroatoms. The molecule has 1 unspecified atom stereocenters. The van der Waals surface area contributed by atoms with Gasteiger partial charge in [-0.05, 0) is 24.3 Å². The van der Waals surface area contributed by atoms with E-state index in [2.05, 4.69) is 48.5 Å². The van der Waals surface area contributed by atoms with Crippen molar-refractivity contribution in [3.63, 3.8) is 0 Å². The Morgan fingerprint density at radius 2 is 1.31 bits per heavy atom. The standard InChI is InChI=1S/C12H8I.ClH.H2IP/c1-3-7-11-9(5-1)10-6-2-4-8-12(10)13-11;;1-2/h1-8H;1H;2H2/q+1;;/p-1/i;;2D. The molecular formula is C12H10ClI2P. The SMILES string of the molecule is [2H]PI.[Cl-].c1ccc2c(c1)[I+]c1ccccc1-2. The Kier molecular flexibility index (Phi) is 5.83. The van der Waals surface area contributed by atoms with Gasteiger partial charge in [0.15, 0.2) is 0 Å². The molecule has 0 N–H and O–H groups in total. The lowest BCUT2D eigenvalue weighted by atomic mass is 10.1. The predicted molar refractivity (Wildman–Crippen MR) is 73.0 cm³/mol. The van der Waals surface area contributed by atoms with E-state index in [0.29, 0.717) is 6.83 Å². The zero-order valence-corrected chi connectivity index (χ0v) is 14.3. The molecule has 84 valence electrons. The number of hydrogen-bond acceptors (Lipinski definition) is 0. The van der Waals surface area contributed by atoms with Crippen molar-refractivity contribution in [1.29, 1.82) is 1.28 Å². The lowest BCUT2D eigenvalue weighted by molar-refractivity contribution is -0.589. The number of fused-ring (bicyclic) bond motifs is 3. The lowest BCUT2D eigenvalue weighted by Crippen LogP contribution is -3.61. The summed E-state index contributed by atoms with van der Waals surface area (Å²) >= 11 is 2.09. The molecule has 1 aliphatic heterocycles. The molecule has 0 radical (unpaired) electrons. The second kappa shape index (κ2) is 7.14. The van der Waals surface area contributed by atoms with Crippen molar-refractivity contribution in [2.45, 2.75) is 0 Å². The Morgan fingerprint density at radius 1 is 0.938 bits per heavy atom.